The topological polar surface area (TPSA) is 64.0 Å². The van der Waals surface area contributed by atoms with Crippen LogP contribution in [0.15, 0.2) is 9.95 Å². The number of fused-ring (bicyclic) bond motifs is 3. The average molecular weight is 394 g/mol. The van der Waals surface area contributed by atoms with Gasteiger partial charge in [-0.25, -0.2) is 4.98 Å². The van der Waals surface area contributed by atoms with Gasteiger partial charge in [-0.2, -0.15) is 0 Å². The van der Waals surface area contributed by atoms with Gasteiger partial charge in [0, 0.05) is 18.0 Å². The molecule has 7 heteroatoms. The second-order valence-electron chi connectivity index (χ2n) is 7.21. The zero-order valence-corrected chi connectivity index (χ0v) is 17.4. The molecule has 1 aliphatic carbocycles. The molecule has 0 saturated heterocycles. The Hall–Kier alpha value is -1.34. The molecule has 1 N–H and O–H groups in total. The molecule has 2 aromatic rings. The molecular formula is C19H27N3O2S2. The van der Waals surface area contributed by atoms with Crippen molar-refractivity contribution in [2.75, 3.05) is 12.3 Å². The van der Waals surface area contributed by atoms with Crippen molar-refractivity contribution in [3.63, 3.8) is 0 Å². The number of carbonyl (C=O) groups is 1. The highest BCUT2D eigenvalue weighted by atomic mass is 32.2. The van der Waals surface area contributed by atoms with E-state index in [0.717, 1.165) is 42.3 Å². The van der Waals surface area contributed by atoms with Gasteiger partial charge in [0.15, 0.2) is 5.16 Å². The fourth-order valence-electron chi connectivity index (χ4n) is 3.27. The molecule has 0 atom stereocenters. The third-order valence-electron chi connectivity index (χ3n) is 4.61. The first-order valence-electron chi connectivity index (χ1n) is 9.45. The van der Waals surface area contributed by atoms with Crippen LogP contribution in [0.5, 0.6) is 0 Å². The molecule has 26 heavy (non-hydrogen) atoms. The summed E-state index contributed by atoms with van der Waals surface area (Å²) in [6.07, 6.45) is 5.03. The van der Waals surface area contributed by atoms with Crippen molar-refractivity contribution in [2.24, 2.45) is 5.92 Å². The highest BCUT2D eigenvalue weighted by Crippen LogP contribution is 2.35. The van der Waals surface area contributed by atoms with Crippen molar-refractivity contribution >= 4 is 39.2 Å². The molecule has 2 heterocycles. The van der Waals surface area contributed by atoms with Crippen molar-refractivity contribution in [1.29, 1.82) is 0 Å². The van der Waals surface area contributed by atoms with E-state index in [9.17, 15) is 9.59 Å². The van der Waals surface area contributed by atoms with Crippen LogP contribution in [0, 0.1) is 5.92 Å². The van der Waals surface area contributed by atoms with Crippen LogP contribution in [0.25, 0.3) is 10.2 Å². The Bertz CT molecular complexity index is 855. The van der Waals surface area contributed by atoms with E-state index in [1.54, 1.807) is 15.9 Å². The number of hydrogen-bond acceptors (Lipinski definition) is 5. The number of aromatic nitrogens is 2. The molecule has 3 rings (SSSR count). The summed E-state index contributed by atoms with van der Waals surface area (Å²) in [6.45, 7) is 7.68. The molecule has 0 aromatic carbocycles. The fraction of sp³-hybridized carbons (Fsp3) is 0.632. The standard InChI is InChI=1S/C19H27N3O2S2/c1-4-10-22-18(24)16-13-6-5-7-14(13)26-17(16)21-19(22)25-11-15(23)20-9-8-12(2)3/h12H,4-11H2,1-3H3,(H,20,23). The highest BCUT2D eigenvalue weighted by Gasteiger charge is 2.23. The van der Waals surface area contributed by atoms with Crippen molar-refractivity contribution < 1.29 is 4.79 Å². The van der Waals surface area contributed by atoms with Crippen molar-refractivity contribution in [3.8, 4) is 0 Å². The quantitative estimate of drug-likeness (QED) is 0.550. The highest BCUT2D eigenvalue weighted by molar-refractivity contribution is 7.99. The molecule has 1 amide bonds. The third-order valence-corrected chi connectivity index (χ3v) is 6.78. The number of rotatable bonds is 8. The Kier molecular flexibility index (Phi) is 6.40. The third kappa shape index (κ3) is 4.14. The Labute approximate surface area is 162 Å². The Balaban J connectivity index is 1.80. The molecule has 0 aliphatic heterocycles. The minimum Gasteiger partial charge on any atom is -0.355 e. The fourth-order valence-corrected chi connectivity index (χ4v) is 5.43. The summed E-state index contributed by atoms with van der Waals surface area (Å²) in [5.41, 5.74) is 1.29. The first-order valence-corrected chi connectivity index (χ1v) is 11.3. The van der Waals surface area contributed by atoms with Gasteiger partial charge in [-0.1, -0.05) is 32.5 Å². The second-order valence-corrected chi connectivity index (χ2v) is 9.24. The minimum absolute atomic E-state index is 0.00159. The van der Waals surface area contributed by atoms with Crippen molar-refractivity contribution in [2.45, 2.75) is 64.6 Å². The van der Waals surface area contributed by atoms with Crippen LogP contribution in [0.4, 0.5) is 0 Å². The monoisotopic (exact) mass is 393 g/mol. The first kappa shape index (κ1) is 19.4. The normalized spacial score (nSPS) is 13.5. The number of nitrogens with one attached hydrogen (secondary N) is 1. The molecule has 0 unspecified atom stereocenters. The number of aryl methyl sites for hydroxylation is 2. The summed E-state index contributed by atoms with van der Waals surface area (Å²) in [5.74, 6) is 0.870. The van der Waals surface area contributed by atoms with E-state index in [1.807, 2.05) is 0 Å². The lowest BCUT2D eigenvalue weighted by molar-refractivity contribution is -0.118. The van der Waals surface area contributed by atoms with Gasteiger partial charge in [-0.15, -0.1) is 11.3 Å². The van der Waals surface area contributed by atoms with Gasteiger partial charge in [0.2, 0.25) is 5.91 Å². The lowest BCUT2D eigenvalue weighted by atomic mass is 10.1. The van der Waals surface area contributed by atoms with Crippen LogP contribution in [-0.4, -0.2) is 27.8 Å². The van der Waals surface area contributed by atoms with Gasteiger partial charge in [0.05, 0.1) is 11.1 Å². The number of thiophene rings is 1. The predicted molar refractivity (Wildman–Crippen MR) is 109 cm³/mol. The number of carbonyl (C=O) groups excluding carboxylic acids is 1. The Morgan fingerprint density at radius 2 is 2.19 bits per heavy atom. The maximum atomic E-state index is 13.1. The molecule has 0 spiro atoms. The van der Waals surface area contributed by atoms with E-state index < -0.39 is 0 Å². The van der Waals surface area contributed by atoms with Gasteiger partial charge in [0.25, 0.3) is 5.56 Å². The molecule has 142 valence electrons. The van der Waals surface area contributed by atoms with Gasteiger partial charge >= 0.3 is 0 Å². The van der Waals surface area contributed by atoms with E-state index in [4.69, 9.17) is 4.98 Å². The Morgan fingerprint density at radius 3 is 2.92 bits per heavy atom. The van der Waals surface area contributed by atoms with Gasteiger partial charge in [-0.3, -0.25) is 14.2 Å². The van der Waals surface area contributed by atoms with Crippen LogP contribution in [0.2, 0.25) is 0 Å². The molecular weight excluding hydrogens is 366 g/mol. The van der Waals surface area contributed by atoms with Crippen LogP contribution in [0.3, 0.4) is 0 Å². The van der Waals surface area contributed by atoms with Crippen LogP contribution < -0.4 is 10.9 Å². The van der Waals surface area contributed by atoms with Gasteiger partial charge in [-0.05, 0) is 43.6 Å². The summed E-state index contributed by atoms with van der Waals surface area (Å²) in [4.78, 5) is 32.1. The first-order chi connectivity index (χ1) is 12.5. The van der Waals surface area contributed by atoms with Crippen molar-refractivity contribution in [3.05, 3.63) is 20.8 Å². The van der Waals surface area contributed by atoms with Gasteiger partial charge < -0.3 is 5.32 Å². The smallest absolute Gasteiger partial charge is 0.263 e. The number of hydrogen-bond donors (Lipinski definition) is 1. The SMILES string of the molecule is CCCn1c(SCC(=O)NCCC(C)C)nc2sc3c(c2c1=O)CCC3. The average Bonchev–Trinajstić information content (AvgIpc) is 3.16. The van der Waals surface area contributed by atoms with Gasteiger partial charge in [0.1, 0.15) is 4.83 Å². The molecule has 0 radical (unpaired) electrons. The Morgan fingerprint density at radius 1 is 1.38 bits per heavy atom. The number of nitrogens with zero attached hydrogens (tertiary/aromatic N) is 2. The van der Waals surface area contributed by atoms with Crippen LogP contribution >= 0.6 is 23.1 Å². The number of amides is 1. The summed E-state index contributed by atoms with van der Waals surface area (Å²) >= 11 is 3.02. The second kappa shape index (κ2) is 8.57. The maximum absolute atomic E-state index is 13.1. The molecule has 0 saturated carbocycles. The van der Waals surface area contributed by atoms with E-state index in [1.165, 1.54) is 22.2 Å². The molecule has 5 nitrogen and oxygen atoms in total. The van der Waals surface area contributed by atoms with E-state index in [-0.39, 0.29) is 11.5 Å². The largest absolute Gasteiger partial charge is 0.355 e. The van der Waals surface area contributed by atoms with Crippen molar-refractivity contribution in [1.82, 2.24) is 14.9 Å². The van der Waals surface area contributed by atoms with E-state index >= 15 is 0 Å². The molecule has 2 aromatic heterocycles. The molecule has 1 aliphatic rings. The molecule has 0 fully saturated rings. The summed E-state index contributed by atoms with van der Waals surface area (Å²) < 4.78 is 1.76. The van der Waals surface area contributed by atoms with E-state index in [0.29, 0.717) is 29.9 Å². The maximum Gasteiger partial charge on any atom is 0.263 e. The molecule has 0 bridgehead atoms. The van der Waals surface area contributed by atoms with Crippen LogP contribution in [-0.2, 0) is 24.2 Å². The lowest BCUT2D eigenvalue weighted by Crippen LogP contribution is -2.28. The summed E-state index contributed by atoms with van der Waals surface area (Å²) in [7, 11) is 0. The summed E-state index contributed by atoms with van der Waals surface area (Å²) in [5, 5.41) is 4.44. The predicted octanol–water partition coefficient (Wildman–Crippen LogP) is 3.61. The number of thioether (sulfide) groups is 1. The zero-order valence-electron chi connectivity index (χ0n) is 15.8. The summed E-state index contributed by atoms with van der Waals surface area (Å²) in [6, 6.07) is 0. The minimum atomic E-state index is 0.00159. The zero-order chi connectivity index (χ0) is 18.7. The van der Waals surface area contributed by atoms with E-state index in [2.05, 4.69) is 26.1 Å². The lowest BCUT2D eigenvalue weighted by Gasteiger charge is -2.12. The van der Waals surface area contributed by atoms with Crippen LogP contribution in [0.1, 0.15) is 50.5 Å².